The minimum Gasteiger partial charge on any atom is -0.491 e. The maximum atomic E-state index is 12.9. The van der Waals surface area contributed by atoms with Gasteiger partial charge in [0.1, 0.15) is 11.3 Å². The molecule has 0 bridgehead atoms. The van der Waals surface area contributed by atoms with Crippen molar-refractivity contribution in [1.29, 1.82) is 0 Å². The van der Waals surface area contributed by atoms with Crippen LogP contribution in [0.4, 0.5) is 5.69 Å². The van der Waals surface area contributed by atoms with E-state index in [2.05, 4.69) is 0 Å². The van der Waals surface area contributed by atoms with Crippen LogP contribution >= 0.6 is 0 Å². The Morgan fingerprint density at radius 3 is 2.75 bits per heavy atom. The van der Waals surface area contributed by atoms with Gasteiger partial charge in [-0.2, -0.15) is 0 Å². The Labute approximate surface area is 118 Å². The van der Waals surface area contributed by atoms with Crippen molar-refractivity contribution in [2.75, 3.05) is 31.3 Å². The molecule has 5 nitrogen and oxygen atoms in total. The van der Waals surface area contributed by atoms with Crippen LogP contribution in [-0.2, 0) is 9.53 Å². The molecular formula is C15H20N2O3. The molecule has 2 heterocycles. The standard InChI is InChI=1S/C15H20N2O3/c16-15(6-10-19-11-7-15)14(18)17-8-3-9-20-13-5-2-1-4-12(13)17/h1-2,4-5H,3,6-11,16H2. The van der Waals surface area contributed by atoms with E-state index in [0.717, 1.165) is 17.9 Å². The SMILES string of the molecule is NC1(C(=O)N2CCCOc3ccccc32)CCOCC1. The maximum Gasteiger partial charge on any atom is 0.247 e. The first-order valence-electron chi connectivity index (χ1n) is 7.11. The summed E-state index contributed by atoms with van der Waals surface area (Å²) in [5.74, 6) is 0.743. The summed E-state index contributed by atoms with van der Waals surface area (Å²) in [6.07, 6.45) is 1.96. The predicted octanol–water partition coefficient (Wildman–Crippen LogP) is 1.31. The van der Waals surface area contributed by atoms with Gasteiger partial charge in [-0.1, -0.05) is 12.1 Å². The van der Waals surface area contributed by atoms with Crippen LogP contribution < -0.4 is 15.4 Å². The lowest BCUT2D eigenvalue weighted by atomic mass is 9.89. The fourth-order valence-corrected chi connectivity index (χ4v) is 2.76. The van der Waals surface area contributed by atoms with Crippen LogP contribution in [0, 0.1) is 0 Å². The van der Waals surface area contributed by atoms with Gasteiger partial charge in [-0.05, 0) is 31.4 Å². The van der Waals surface area contributed by atoms with E-state index in [0.29, 0.717) is 39.2 Å². The van der Waals surface area contributed by atoms with Gasteiger partial charge in [-0.15, -0.1) is 0 Å². The number of nitrogens with two attached hydrogens (primary N) is 1. The number of amides is 1. The summed E-state index contributed by atoms with van der Waals surface area (Å²) in [6, 6.07) is 7.65. The Morgan fingerprint density at radius 2 is 1.95 bits per heavy atom. The summed E-state index contributed by atoms with van der Waals surface area (Å²) >= 11 is 0. The topological polar surface area (TPSA) is 64.8 Å². The molecular weight excluding hydrogens is 256 g/mol. The van der Waals surface area contributed by atoms with Gasteiger partial charge in [0.05, 0.1) is 12.3 Å². The molecule has 0 unspecified atom stereocenters. The molecule has 1 aromatic rings. The predicted molar refractivity (Wildman–Crippen MR) is 75.9 cm³/mol. The molecule has 0 saturated carbocycles. The second-order valence-electron chi connectivity index (χ2n) is 5.40. The largest absolute Gasteiger partial charge is 0.491 e. The van der Waals surface area contributed by atoms with E-state index in [-0.39, 0.29) is 5.91 Å². The molecule has 0 aliphatic carbocycles. The lowest BCUT2D eigenvalue weighted by Crippen LogP contribution is -2.58. The number of hydrogen-bond acceptors (Lipinski definition) is 4. The Balaban J connectivity index is 1.91. The summed E-state index contributed by atoms with van der Waals surface area (Å²) in [6.45, 7) is 2.37. The van der Waals surface area contributed by atoms with Crippen LogP contribution in [0.3, 0.4) is 0 Å². The number of anilines is 1. The summed E-state index contributed by atoms with van der Waals surface area (Å²) < 4.78 is 11.0. The van der Waals surface area contributed by atoms with Gasteiger partial charge in [-0.25, -0.2) is 0 Å². The number of carbonyl (C=O) groups is 1. The molecule has 20 heavy (non-hydrogen) atoms. The molecule has 1 aromatic carbocycles. The zero-order valence-corrected chi connectivity index (χ0v) is 11.5. The number of hydrogen-bond donors (Lipinski definition) is 1. The number of para-hydroxylation sites is 2. The first-order valence-corrected chi connectivity index (χ1v) is 7.11. The Kier molecular flexibility index (Phi) is 3.63. The molecule has 3 rings (SSSR count). The van der Waals surface area contributed by atoms with Crippen molar-refractivity contribution in [3.8, 4) is 5.75 Å². The van der Waals surface area contributed by atoms with Crippen molar-refractivity contribution >= 4 is 11.6 Å². The van der Waals surface area contributed by atoms with E-state index in [4.69, 9.17) is 15.2 Å². The molecule has 2 N–H and O–H groups in total. The fraction of sp³-hybridized carbons (Fsp3) is 0.533. The number of fused-ring (bicyclic) bond motifs is 1. The summed E-state index contributed by atoms with van der Waals surface area (Å²) in [4.78, 5) is 14.7. The number of rotatable bonds is 1. The molecule has 1 saturated heterocycles. The van der Waals surface area contributed by atoms with Gasteiger partial charge in [0.15, 0.2) is 0 Å². The van der Waals surface area contributed by atoms with Gasteiger partial charge in [-0.3, -0.25) is 4.79 Å². The van der Waals surface area contributed by atoms with E-state index >= 15 is 0 Å². The average molecular weight is 276 g/mol. The molecule has 0 atom stereocenters. The highest BCUT2D eigenvalue weighted by molar-refractivity contribution is 6.01. The van der Waals surface area contributed by atoms with E-state index in [1.807, 2.05) is 24.3 Å². The third kappa shape index (κ3) is 2.39. The lowest BCUT2D eigenvalue weighted by Gasteiger charge is -2.36. The summed E-state index contributed by atoms with van der Waals surface area (Å²) in [5.41, 5.74) is 6.35. The van der Waals surface area contributed by atoms with Gasteiger partial charge < -0.3 is 20.1 Å². The first kappa shape index (κ1) is 13.4. The van der Waals surface area contributed by atoms with E-state index < -0.39 is 5.54 Å². The number of carbonyl (C=O) groups excluding carboxylic acids is 1. The molecule has 2 aliphatic heterocycles. The van der Waals surface area contributed by atoms with Crippen LogP contribution in [0.1, 0.15) is 19.3 Å². The van der Waals surface area contributed by atoms with Crippen LogP contribution in [0.5, 0.6) is 5.75 Å². The average Bonchev–Trinajstić information content (AvgIpc) is 2.69. The third-order valence-corrected chi connectivity index (χ3v) is 4.00. The third-order valence-electron chi connectivity index (χ3n) is 4.00. The summed E-state index contributed by atoms with van der Waals surface area (Å²) in [5, 5.41) is 0. The Hall–Kier alpha value is -1.59. The van der Waals surface area contributed by atoms with Crippen molar-refractivity contribution in [2.24, 2.45) is 5.73 Å². The zero-order chi connectivity index (χ0) is 14.0. The molecule has 1 fully saturated rings. The van der Waals surface area contributed by atoms with Crippen molar-refractivity contribution in [2.45, 2.75) is 24.8 Å². The number of nitrogens with zero attached hydrogens (tertiary/aromatic N) is 1. The normalized spacial score (nSPS) is 21.6. The quantitative estimate of drug-likeness (QED) is 0.840. The monoisotopic (exact) mass is 276 g/mol. The molecule has 2 aliphatic rings. The molecule has 1 amide bonds. The van der Waals surface area contributed by atoms with Crippen molar-refractivity contribution in [1.82, 2.24) is 0 Å². The Morgan fingerprint density at radius 1 is 1.20 bits per heavy atom. The molecule has 5 heteroatoms. The minimum atomic E-state index is -0.810. The van der Waals surface area contributed by atoms with Gasteiger partial charge in [0, 0.05) is 19.8 Å². The van der Waals surface area contributed by atoms with Crippen LogP contribution in [-0.4, -0.2) is 37.8 Å². The van der Waals surface area contributed by atoms with Gasteiger partial charge >= 0.3 is 0 Å². The molecule has 0 radical (unpaired) electrons. The highest BCUT2D eigenvalue weighted by atomic mass is 16.5. The fourth-order valence-electron chi connectivity index (χ4n) is 2.76. The second-order valence-corrected chi connectivity index (χ2v) is 5.40. The first-order chi connectivity index (χ1) is 9.71. The van der Waals surface area contributed by atoms with Crippen molar-refractivity contribution < 1.29 is 14.3 Å². The second kappa shape index (κ2) is 5.42. The van der Waals surface area contributed by atoms with Crippen LogP contribution in [0.2, 0.25) is 0 Å². The lowest BCUT2D eigenvalue weighted by molar-refractivity contribution is -0.127. The number of ether oxygens (including phenoxy) is 2. The molecule has 108 valence electrons. The minimum absolute atomic E-state index is 0.0150. The Bertz CT molecular complexity index is 498. The smallest absolute Gasteiger partial charge is 0.247 e. The molecule has 0 spiro atoms. The van der Waals surface area contributed by atoms with Crippen LogP contribution in [0.15, 0.2) is 24.3 Å². The summed E-state index contributed by atoms with van der Waals surface area (Å²) in [7, 11) is 0. The van der Waals surface area contributed by atoms with Crippen molar-refractivity contribution in [3.63, 3.8) is 0 Å². The highest BCUT2D eigenvalue weighted by Crippen LogP contribution is 2.33. The van der Waals surface area contributed by atoms with Gasteiger partial charge in [0.2, 0.25) is 5.91 Å². The maximum absolute atomic E-state index is 12.9. The zero-order valence-electron chi connectivity index (χ0n) is 11.5. The van der Waals surface area contributed by atoms with E-state index in [1.165, 1.54) is 0 Å². The van der Waals surface area contributed by atoms with Gasteiger partial charge in [0.25, 0.3) is 0 Å². The highest BCUT2D eigenvalue weighted by Gasteiger charge is 2.40. The number of benzene rings is 1. The molecule has 0 aromatic heterocycles. The van der Waals surface area contributed by atoms with Crippen LogP contribution in [0.25, 0.3) is 0 Å². The van der Waals surface area contributed by atoms with E-state index in [1.54, 1.807) is 4.90 Å². The van der Waals surface area contributed by atoms with Crippen molar-refractivity contribution in [3.05, 3.63) is 24.3 Å². The van der Waals surface area contributed by atoms with E-state index in [9.17, 15) is 4.79 Å².